The van der Waals surface area contributed by atoms with E-state index < -0.39 is 0 Å². The molecule has 1 unspecified atom stereocenters. The highest BCUT2D eigenvalue weighted by molar-refractivity contribution is 5.50. The average molecular weight is 297 g/mol. The molecular weight excluding hydrogens is 274 g/mol. The number of methoxy groups -OCH3 is 1. The average Bonchev–Trinajstić information content (AvgIpc) is 2.54. The number of hydrogen-bond acceptors (Lipinski definition) is 3. The fourth-order valence-electron chi connectivity index (χ4n) is 3.33. The van der Waals surface area contributed by atoms with Crippen LogP contribution >= 0.6 is 0 Å². The van der Waals surface area contributed by atoms with Crippen molar-refractivity contribution in [2.24, 2.45) is 0 Å². The number of aryl methyl sites for hydroxylation is 1. The summed E-state index contributed by atoms with van der Waals surface area (Å²) in [7, 11) is 1.60. The highest BCUT2D eigenvalue weighted by Gasteiger charge is 2.32. The quantitative estimate of drug-likeness (QED) is 0.909. The zero-order valence-electron chi connectivity index (χ0n) is 13.2. The van der Waals surface area contributed by atoms with Gasteiger partial charge in [-0.05, 0) is 55.0 Å². The summed E-state index contributed by atoms with van der Waals surface area (Å²) in [6.45, 7) is 3.18. The lowest BCUT2D eigenvalue weighted by Gasteiger charge is -2.38. The first-order valence-electron chi connectivity index (χ1n) is 7.82. The van der Waals surface area contributed by atoms with Gasteiger partial charge in [-0.2, -0.15) is 0 Å². The zero-order chi connectivity index (χ0) is 15.6. The molecule has 0 amide bonds. The van der Waals surface area contributed by atoms with Gasteiger partial charge in [-0.3, -0.25) is 0 Å². The third-order valence-corrected chi connectivity index (χ3v) is 4.67. The molecule has 1 heterocycles. The summed E-state index contributed by atoms with van der Waals surface area (Å²) in [4.78, 5) is 0. The number of fused-ring (bicyclic) bond motifs is 1. The van der Waals surface area contributed by atoms with Crippen LogP contribution in [0, 0.1) is 0 Å². The first kappa shape index (κ1) is 14.9. The van der Waals surface area contributed by atoms with Crippen LogP contribution in [0.1, 0.15) is 30.0 Å². The van der Waals surface area contributed by atoms with Gasteiger partial charge in [-0.15, -0.1) is 0 Å². The third kappa shape index (κ3) is 2.81. The Morgan fingerprint density at radius 2 is 2.00 bits per heavy atom. The molecule has 0 radical (unpaired) electrons. The third-order valence-electron chi connectivity index (χ3n) is 4.67. The molecule has 0 spiro atoms. The number of phenolic OH excluding ortho intramolecular Hbond substituents is 1. The molecule has 1 aliphatic heterocycles. The molecule has 1 aliphatic rings. The van der Waals surface area contributed by atoms with Crippen molar-refractivity contribution in [3.8, 4) is 11.5 Å². The summed E-state index contributed by atoms with van der Waals surface area (Å²) in [6, 6.07) is 14.4. The molecule has 0 aromatic heterocycles. The van der Waals surface area contributed by atoms with Gasteiger partial charge in [0.1, 0.15) is 0 Å². The molecule has 0 fully saturated rings. The number of hydrogen-bond donors (Lipinski definition) is 2. The predicted octanol–water partition coefficient (Wildman–Crippen LogP) is 3.39. The molecule has 22 heavy (non-hydrogen) atoms. The number of rotatable bonds is 4. The van der Waals surface area contributed by atoms with Gasteiger partial charge >= 0.3 is 0 Å². The minimum Gasteiger partial charge on any atom is -0.504 e. The Labute approximate surface area is 131 Å². The van der Waals surface area contributed by atoms with Gasteiger partial charge < -0.3 is 15.2 Å². The Bertz CT molecular complexity index is 654. The van der Waals surface area contributed by atoms with E-state index in [1.807, 2.05) is 18.2 Å². The molecule has 0 saturated carbocycles. The van der Waals surface area contributed by atoms with Crippen LogP contribution in [0.25, 0.3) is 0 Å². The summed E-state index contributed by atoms with van der Waals surface area (Å²) in [5.41, 5.74) is 3.71. The summed E-state index contributed by atoms with van der Waals surface area (Å²) < 4.78 is 5.29. The molecule has 2 N–H and O–H groups in total. The smallest absolute Gasteiger partial charge is 0.160 e. The fraction of sp³-hybridized carbons (Fsp3) is 0.368. The maximum atomic E-state index is 10.00. The second-order valence-electron chi connectivity index (χ2n) is 6.18. The monoisotopic (exact) mass is 297 g/mol. The van der Waals surface area contributed by atoms with Crippen LogP contribution in [0.5, 0.6) is 11.5 Å². The van der Waals surface area contributed by atoms with Gasteiger partial charge in [-0.1, -0.05) is 30.3 Å². The molecule has 2 aromatic rings. The highest BCUT2D eigenvalue weighted by Crippen LogP contribution is 2.38. The Morgan fingerprint density at radius 1 is 1.23 bits per heavy atom. The summed E-state index contributed by atoms with van der Waals surface area (Å²) >= 11 is 0. The van der Waals surface area contributed by atoms with E-state index in [1.165, 1.54) is 16.7 Å². The number of aromatic hydroxyl groups is 1. The first-order chi connectivity index (χ1) is 10.6. The van der Waals surface area contributed by atoms with E-state index in [0.29, 0.717) is 5.75 Å². The van der Waals surface area contributed by atoms with Crippen molar-refractivity contribution in [1.29, 1.82) is 0 Å². The Kier molecular flexibility index (Phi) is 4.08. The molecular formula is C19H23NO2. The van der Waals surface area contributed by atoms with Crippen molar-refractivity contribution >= 4 is 0 Å². The van der Waals surface area contributed by atoms with Crippen LogP contribution in [0.15, 0.2) is 42.5 Å². The van der Waals surface area contributed by atoms with Crippen molar-refractivity contribution in [1.82, 2.24) is 5.32 Å². The van der Waals surface area contributed by atoms with Gasteiger partial charge in [0.15, 0.2) is 11.5 Å². The van der Waals surface area contributed by atoms with Crippen LogP contribution < -0.4 is 10.1 Å². The largest absolute Gasteiger partial charge is 0.504 e. The van der Waals surface area contributed by atoms with Crippen LogP contribution in [-0.2, 0) is 18.4 Å². The van der Waals surface area contributed by atoms with Crippen molar-refractivity contribution in [3.05, 3.63) is 59.2 Å². The van der Waals surface area contributed by atoms with E-state index in [9.17, 15) is 5.11 Å². The normalized spacial score (nSPS) is 20.5. The second kappa shape index (κ2) is 6.01. The van der Waals surface area contributed by atoms with Crippen molar-refractivity contribution < 1.29 is 9.84 Å². The van der Waals surface area contributed by atoms with E-state index in [-0.39, 0.29) is 11.3 Å². The minimum absolute atomic E-state index is 0.0929. The van der Waals surface area contributed by atoms with Crippen molar-refractivity contribution in [3.63, 3.8) is 0 Å². The van der Waals surface area contributed by atoms with Crippen LogP contribution in [0.4, 0.5) is 0 Å². The van der Waals surface area contributed by atoms with E-state index in [2.05, 4.69) is 36.5 Å². The van der Waals surface area contributed by atoms with Crippen LogP contribution in [-0.4, -0.2) is 18.8 Å². The zero-order valence-corrected chi connectivity index (χ0v) is 13.2. The van der Waals surface area contributed by atoms with Gasteiger partial charge in [-0.25, -0.2) is 0 Å². The molecule has 116 valence electrons. The van der Waals surface area contributed by atoms with Gasteiger partial charge in [0.2, 0.25) is 0 Å². The van der Waals surface area contributed by atoms with Crippen LogP contribution in [0.3, 0.4) is 0 Å². The fourth-order valence-corrected chi connectivity index (χ4v) is 3.33. The van der Waals surface area contributed by atoms with E-state index >= 15 is 0 Å². The minimum atomic E-state index is -0.0929. The Hall–Kier alpha value is -2.00. The maximum Gasteiger partial charge on any atom is 0.160 e. The van der Waals surface area contributed by atoms with Gasteiger partial charge in [0.25, 0.3) is 0 Å². The Balaban J connectivity index is 1.89. The summed E-state index contributed by atoms with van der Waals surface area (Å²) in [5.74, 6) is 0.780. The molecule has 3 rings (SSSR count). The highest BCUT2D eigenvalue weighted by atomic mass is 16.5. The molecule has 0 saturated heterocycles. The lowest BCUT2D eigenvalue weighted by Crippen LogP contribution is -2.45. The molecule has 0 aliphatic carbocycles. The maximum absolute atomic E-state index is 10.00. The van der Waals surface area contributed by atoms with Crippen LogP contribution in [0.2, 0.25) is 0 Å². The number of nitrogens with one attached hydrogen (secondary N) is 1. The molecule has 0 bridgehead atoms. The number of phenols is 1. The lowest BCUT2D eigenvalue weighted by molar-refractivity contribution is 0.316. The molecule has 3 nitrogen and oxygen atoms in total. The van der Waals surface area contributed by atoms with Crippen molar-refractivity contribution in [2.45, 2.75) is 31.7 Å². The summed E-state index contributed by atoms with van der Waals surface area (Å²) in [5, 5.41) is 13.7. The van der Waals surface area contributed by atoms with E-state index in [4.69, 9.17) is 4.74 Å². The number of ether oxygens (including phenoxy) is 1. The van der Waals surface area contributed by atoms with Gasteiger partial charge in [0.05, 0.1) is 7.11 Å². The Morgan fingerprint density at radius 3 is 2.73 bits per heavy atom. The second-order valence-corrected chi connectivity index (χ2v) is 6.18. The van der Waals surface area contributed by atoms with E-state index in [1.54, 1.807) is 7.11 Å². The lowest BCUT2D eigenvalue weighted by atomic mass is 9.79. The molecule has 3 heteroatoms. The van der Waals surface area contributed by atoms with Gasteiger partial charge in [0, 0.05) is 12.1 Å². The molecule has 2 aromatic carbocycles. The standard InChI is InChI=1S/C19H23NO2/c1-19(10-8-14-6-4-3-5-7-14)16-13-18(22-2)17(21)12-15(16)9-11-20-19/h3-7,12-13,20-21H,8-11H2,1-2H3. The topological polar surface area (TPSA) is 41.5 Å². The van der Waals surface area contributed by atoms with E-state index in [0.717, 1.165) is 25.8 Å². The molecule has 1 atom stereocenters. The SMILES string of the molecule is COc1cc2c(cc1O)CCNC2(C)CCc1ccccc1. The predicted molar refractivity (Wildman–Crippen MR) is 88.5 cm³/mol. The summed E-state index contributed by atoms with van der Waals surface area (Å²) in [6.07, 6.45) is 2.97. The first-order valence-corrected chi connectivity index (χ1v) is 7.82. The van der Waals surface area contributed by atoms with Crippen molar-refractivity contribution in [2.75, 3.05) is 13.7 Å². The number of benzene rings is 2.